The molecule has 14 heteroatoms. The number of hydrogen-bond acceptors (Lipinski definition) is 6. The van der Waals surface area contributed by atoms with Gasteiger partial charge in [-0.15, -0.1) is 0 Å². The van der Waals surface area contributed by atoms with E-state index in [2.05, 4.69) is 22.2 Å². The molecule has 3 fully saturated rings. The van der Waals surface area contributed by atoms with Crippen LogP contribution in [0.2, 0.25) is 5.02 Å². The molecule has 0 bridgehead atoms. The zero-order chi connectivity index (χ0) is 34.7. The third kappa shape index (κ3) is 8.43. The lowest BCUT2D eigenvalue weighted by molar-refractivity contribution is -0.142. The van der Waals surface area contributed by atoms with Crippen molar-refractivity contribution in [2.45, 2.75) is 62.9 Å². The molecule has 2 aromatic carbocycles. The normalized spacial score (nSPS) is 21.2. The minimum absolute atomic E-state index is 0.0766. The van der Waals surface area contributed by atoms with Crippen molar-refractivity contribution >= 4 is 35.3 Å². The molecule has 1 atom stereocenters. The number of halogens is 4. The summed E-state index contributed by atoms with van der Waals surface area (Å²) in [5.41, 5.74) is 1.07. The van der Waals surface area contributed by atoms with Gasteiger partial charge in [0.15, 0.2) is 6.10 Å². The molecule has 266 valence electrons. The van der Waals surface area contributed by atoms with E-state index in [0.29, 0.717) is 58.0 Å². The number of nitrogens with zero attached hydrogens (tertiary/aromatic N) is 5. The molecule has 0 spiro atoms. The topological polar surface area (TPSA) is 88.7 Å². The summed E-state index contributed by atoms with van der Waals surface area (Å²) in [6.07, 6.45) is -3.55. The first kappa shape index (κ1) is 35.3. The molecule has 1 unspecified atom stereocenters. The number of piperidine rings is 2. The van der Waals surface area contributed by atoms with Crippen molar-refractivity contribution in [1.29, 1.82) is 0 Å². The fraction of sp³-hybridized carbons (Fsp3) is 0.571. The summed E-state index contributed by atoms with van der Waals surface area (Å²) >= 11 is 5.86. The lowest BCUT2D eigenvalue weighted by Gasteiger charge is -2.42. The highest BCUT2D eigenvalue weighted by molar-refractivity contribution is 6.31. The standard InChI is InChI=1S/C35H44ClF3N6O4/c1-41-18-20-42(21-19-41)26-9-13-43(14-10-26)32(46)31(23-24-6-7-29(36)28(22-24)35(37,38)39)49-34(48)44-15-11-27(12-16-44)45-17-8-25-4-2-3-5-30(25)40-33(45)47/h2-7,22,26-27,31H,8-21,23H2,1H3,(H,40,47). The van der Waals surface area contributed by atoms with Gasteiger partial charge in [-0.2, -0.15) is 13.2 Å². The summed E-state index contributed by atoms with van der Waals surface area (Å²) < 4.78 is 46.9. The van der Waals surface area contributed by atoms with Gasteiger partial charge in [-0.05, 0) is 68.5 Å². The van der Waals surface area contributed by atoms with Gasteiger partial charge in [0.2, 0.25) is 0 Å². The van der Waals surface area contributed by atoms with Crippen molar-refractivity contribution in [2.24, 2.45) is 0 Å². The van der Waals surface area contributed by atoms with Gasteiger partial charge in [-0.1, -0.05) is 35.9 Å². The van der Waals surface area contributed by atoms with E-state index in [1.165, 1.54) is 11.0 Å². The van der Waals surface area contributed by atoms with Crippen LogP contribution in [-0.4, -0.2) is 127 Å². The van der Waals surface area contributed by atoms with Crippen LogP contribution in [0, 0.1) is 0 Å². The highest BCUT2D eigenvalue weighted by Gasteiger charge is 2.38. The van der Waals surface area contributed by atoms with Gasteiger partial charge in [-0.25, -0.2) is 9.59 Å². The number of carbonyl (C=O) groups is 3. The minimum atomic E-state index is -4.67. The Bertz CT molecular complexity index is 1500. The van der Waals surface area contributed by atoms with Crippen molar-refractivity contribution in [3.8, 4) is 0 Å². The number of hydrogen-bond donors (Lipinski definition) is 1. The van der Waals surface area contributed by atoms with Crippen LogP contribution in [0.25, 0.3) is 0 Å². The van der Waals surface area contributed by atoms with E-state index in [-0.39, 0.29) is 24.1 Å². The molecule has 6 rings (SSSR count). The zero-order valence-corrected chi connectivity index (χ0v) is 28.5. The molecular formula is C35H44ClF3N6O4. The Hall–Kier alpha value is -3.55. The summed E-state index contributed by atoms with van der Waals surface area (Å²) in [6.45, 7) is 6.08. The first-order chi connectivity index (χ1) is 23.5. The van der Waals surface area contributed by atoms with E-state index in [4.69, 9.17) is 16.3 Å². The van der Waals surface area contributed by atoms with E-state index in [1.54, 1.807) is 4.90 Å². The molecule has 4 aliphatic heterocycles. The minimum Gasteiger partial charge on any atom is -0.436 e. The highest BCUT2D eigenvalue weighted by Crippen LogP contribution is 2.35. The van der Waals surface area contributed by atoms with Crippen LogP contribution in [0.15, 0.2) is 42.5 Å². The van der Waals surface area contributed by atoms with Crippen LogP contribution in [0.5, 0.6) is 0 Å². The van der Waals surface area contributed by atoms with Crippen molar-refractivity contribution in [3.05, 3.63) is 64.2 Å². The fourth-order valence-corrected chi connectivity index (χ4v) is 7.67. The van der Waals surface area contributed by atoms with E-state index in [9.17, 15) is 27.6 Å². The van der Waals surface area contributed by atoms with Gasteiger partial charge >= 0.3 is 18.3 Å². The maximum Gasteiger partial charge on any atom is 0.417 e. The largest absolute Gasteiger partial charge is 0.436 e. The molecular weight excluding hydrogens is 661 g/mol. The summed E-state index contributed by atoms with van der Waals surface area (Å²) in [4.78, 5) is 50.3. The van der Waals surface area contributed by atoms with E-state index in [0.717, 1.165) is 62.4 Å². The quantitative estimate of drug-likeness (QED) is 0.445. The molecule has 4 heterocycles. The average Bonchev–Trinajstić information content (AvgIpc) is 3.26. The highest BCUT2D eigenvalue weighted by atomic mass is 35.5. The molecule has 0 saturated carbocycles. The number of rotatable bonds is 6. The summed E-state index contributed by atoms with van der Waals surface area (Å²) in [5.74, 6) is -0.413. The number of carbonyl (C=O) groups excluding carboxylic acids is 3. The third-order valence-electron chi connectivity index (χ3n) is 10.4. The monoisotopic (exact) mass is 704 g/mol. The number of amides is 4. The maximum atomic E-state index is 13.9. The number of likely N-dealkylation sites (N-methyl/N-ethyl adjacent to an activating group) is 1. The Morgan fingerprint density at radius 3 is 2.24 bits per heavy atom. The molecule has 49 heavy (non-hydrogen) atoms. The SMILES string of the molecule is CN1CCN(C2CCN(C(=O)C(Cc3ccc(Cl)c(C(F)(F)F)c3)OC(=O)N3CCC(N4CCc5ccccc5NC4=O)CC3)CC2)CC1. The first-order valence-corrected chi connectivity index (χ1v) is 17.5. The number of urea groups is 1. The molecule has 4 amide bonds. The van der Waals surface area contributed by atoms with Crippen LogP contribution < -0.4 is 5.32 Å². The van der Waals surface area contributed by atoms with Gasteiger partial charge in [0.25, 0.3) is 5.91 Å². The number of anilines is 1. The summed E-state index contributed by atoms with van der Waals surface area (Å²) in [5, 5.41) is 2.55. The Kier molecular flexibility index (Phi) is 10.9. The van der Waals surface area contributed by atoms with Crippen LogP contribution >= 0.6 is 11.6 Å². The third-order valence-corrected chi connectivity index (χ3v) is 10.7. The van der Waals surface area contributed by atoms with Gasteiger partial charge in [0.05, 0.1) is 10.6 Å². The smallest absolute Gasteiger partial charge is 0.417 e. The second-order valence-corrected chi connectivity index (χ2v) is 13.9. The number of alkyl halides is 3. The second-order valence-electron chi connectivity index (χ2n) is 13.5. The first-order valence-electron chi connectivity index (χ1n) is 17.1. The Morgan fingerprint density at radius 2 is 1.55 bits per heavy atom. The molecule has 0 aliphatic carbocycles. The number of para-hydroxylation sites is 1. The molecule has 3 saturated heterocycles. The van der Waals surface area contributed by atoms with Crippen molar-refractivity contribution in [2.75, 3.05) is 71.3 Å². The average molecular weight is 705 g/mol. The van der Waals surface area contributed by atoms with Crippen LogP contribution in [0.3, 0.4) is 0 Å². The van der Waals surface area contributed by atoms with Crippen molar-refractivity contribution in [3.63, 3.8) is 0 Å². The molecule has 1 N–H and O–H groups in total. The van der Waals surface area contributed by atoms with Gasteiger partial charge in [-0.3, -0.25) is 9.69 Å². The number of fused-ring (bicyclic) bond motifs is 1. The lowest BCUT2D eigenvalue weighted by atomic mass is 10.00. The Balaban J connectivity index is 1.10. The maximum absolute atomic E-state index is 13.9. The summed E-state index contributed by atoms with van der Waals surface area (Å²) in [7, 11) is 2.11. The van der Waals surface area contributed by atoms with Crippen LogP contribution in [0.4, 0.5) is 28.4 Å². The van der Waals surface area contributed by atoms with Crippen molar-refractivity contribution in [1.82, 2.24) is 24.5 Å². The van der Waals surface area contributed by atoms with Crippen LogP contribution in [-0.2, 0) is 28.5 Å². The number of nitrogens with one attached hydrogen (secondary N) is 1. The number of likely N-dealkylation sites (tertiary alicyclic amines) is 2. The van der Waals surface area contributed by atoms with E-state index < -0.39 is 34.9 Å². The predicted molar refractivity (Wildman–Crippen MR) is 180 cm³/mol. The van der Waals surface area contributed by atoms with Gasteiger partial charge in [0, 0.05) is 83.1 Å². The number of piperazine rings is 1. The molecule has 0 aromatic heterocycles. The molecule has 2 aromatic rings. The molecule has 0 radical (unpaired) electrons. The lowest BCUT2D eigenvalue weighted by Crippen LogP contribution is -2.54. The molecule has 4 aliphatic rings. The zero-order valence-electron chi connectivity index (χ0n) is 27.8. The number of ether oxygens (including phenoxy) is 1. The Morgan fingerprint density at radius 1 is 0.898 bits per heavy atom. The second kappa shape index (κ2) is 15.1. The number of benzene rings is 2. The van der Waals surface area contributed by atoms with Gasteiger partial charge in [0.1, 0.15) is 0 Å². The van der Waals surface area contributed by atoms with Crippen LogP contribution in [0.1, 0.15) is 42.4 Å². The van der Waals surface area contributed by atoms with E-state index in [1.807, 2.05) is 29.2 Å². The fourth-order valence-electron chi connectivity index (χ4n) is 7.45. The van der Waals surface area contributed by atoms with E-state index >= 15 is 0 Å². The Labute approximate surface area is 290 Å². The summed E-state index contributed by atoms with van der Waals surface area (Å²) in [6, 6.07) is 11.3. The molecule has 10 nitrogen and oxygen atoms in total. The predicted octanol–water partition coefficient (Wildman–Crippen LogP) is 5.20. The van der Waals surface area contributed by atoms with Crippen molar-refractivity contribution < 1.29 is 32.3 Å². The van der Waals surface area contributed by atoms with Gasteiger partial charge < -0.3 is 29.7 Å².